The Morgan fingerprint density at radius 1 is 1.57 bits per heavy atom. The first-order valence-corrected chi connectivity index (χ1v) is 5.11. The van der Waals surface area contributed by atoms with Gasteiger partial charge in [-0.05, 0) is 40.3 Å². The number of halogens is 5. The Kier molecular flexibility index (Phi) is 4.03. The third kappa shape index (κ3) is 2.52. The van der Waals surface area contributed by atoms with Gasteiger partial charge >= 0.3 is 0 Å². The van der Waals surface area contributed by atoms with Crippen LogP contribution in [0.2, 0.25) is 5.15 Å². The van der Waals surface area contributed by atoms with E-state index in [1.54, 1.807) is 22.6 Å². The third-order valence-corrected chi connectivity index (χ3v) is 2.63. The van der Waals surface area contributed by atoms with Crippen LogP contribution in [0.5, 0.6) is 0 Å². The van der Waals surface area contributed by atoms with Crippen LogP contribution < -0.4 is 0 Å². The van der Waals surface area contributed by atoms with Gasteiger partial charge in [0.15, 0.2) is 0 Å². The fraction of sp³-hybridized carbons (Fsp3) is 0.143. The number of carbonyl (C=O) groups is 1. The number of carbonyl (C=O) groups excluding carboxylic acids is 1. The zero-order chi connectivity index (χ0) is 10.9. The molecular formula is C7H2Cl2F2INO. The predicted molar refractivity (Wildman–Crippen MR) is 57.1 cm³/mol. The highest BCUT2D eigenvalue weighted by Crippen LogP contribution is 2.29. The monoisotopic (exact) mass is 351 g/mol. The van der Waals surface area contributed by atoms with Crippen molar-refractivity contribution < 1.29 is 13.6 Å². The average Bonchev–Trinajstić information content (AvgIpc) is 2.01. The molecule has 0 unspecified atom stereocenters. The maximum atomic E-state index is 12.5. The van der Waals surface area contributed by atoms with Crippen LogP contribution in [-0.4, -0.2) is 10.2 Å². The molecule has 14 heavy (non-hydrogen) atoms. The topological polar surface area (TPSA) is 30.0 Å². The van der Waals surface area contributed by atoms with Crippen LogP contribution in [0.4, 0.5) is 8.78 Å². The Labute approximate surface area is 102 Å². The molecule has 1 aromatic rings. The Morgan fingerprint density at radius 2 is 2.14 bits per heavy atom. The van der Waals surface area contributed by atoms with E-state index in [4.69, 9.17) is 23.2 Å². The van der Waals surface area contributed by atoms with Crippen LogP contribution in [0.1, 0.15) is 22.3 Å². The second-order valence-corrected chi connectivity index (χ2v) is 4.02. The average molecular weight is 352 g/mol. The van der Waals surface area contributed by atoms with Crippen molar-refractivity contribution in [3.63, 3.8) is 0 Å². The highest BCUT2D eigenvalue weighted by Gasteiger charge is 2.22. The molecule has 0 atom stereocenters. The summed E-state index contributed by atoms with van der Waals surface area (Å²) in [6, 6.07) is 1.03. The van der Waals surface area contributed by atoms with Gasteiger partial charge in [0.2, 0.25) is 0 Å². The molecule has 0 fully saturated rings. The maximum Gasteiger partial charge on any atom is 0.267 e. The van der Waals surface area contributed by atoms with Gasteiger partial charge in [-0.25, -0.2) is 13.8 Å². The smallest absolute Gasteiger partial charge is 0.267 e. The molecule has 0 amide bonds. The lowest BCUT2D eigenvalue weighted by Crippen LogP contribution is -2.03. The number of aromatic nitrogens is 1. The molecular weight excluding hydrogens is 350 g/mol. The molecule has 0 aromatic carbocycles. The summed E-state index contributed by atoms with van der Waals surface area (Å²) in [6.45, 7) is 0. The lowest BCUT2D eigenvalue weighted by atomic mass is 10.1. The van der Waals surface area contributed by atoms with E-state index in [0.717, 1.165) is 6.07 Å². The molecule has 1 heterocycles. The second kappa shape index (κ2) is 4.67. The number of nitrogens with zero attached hydrogens (tertiary/aromatic N) is 1. The third-order valence-electron chi connectivity index (χ3n) is 1.41. The Balaban J connectivity index is 3.44. The quantitative estimate of drug-likeness (QED) is 0.462. The van der Waals surface area contributed by atoms with Gasteiger partial charge in [-0.3, -0.25) is 4.79 Å². The first kappa shape index (κ1) is 12.1. The van der Waals surface area contributed by atoms with Crippen LogP contribution >= 0.6 is 45.8 Å². The first-order valence-electron chi connectivity index (χ1n) is 3.27. The van der Waals surface area contributed by atoms with Gasteiger partial charge in [0.05, 0.1) is 5.56 Å². The largest absolute Gasteiger partial charge is 0.276 e. The predicted octanol–water partition coefficient (Wildman–Crippen LogP) is 3.66. The minimum Gasteiger partial charge on any atom is -0.276 e. The molecule has 0 bridgehead atoms. The second-order valence-electron chi connectivity index (χ2n) is 2.27. The van der Waals surface area contributed by atoms with E-state index in [0.29, 0.717) is 0 Å². The first-order chi connectivity index (χ1) is 6.43. The SMILES string of the molecule is O=C(Cl)c1cc(Cl)nc(I)c1C(F)F. The van der Waals surface area contributed by atoms with Crippen molar-refractivity contribution in [1.82, 2.24) is 4.98 Å². The molecule has 76 valence electrons. The molecule has 1 aromatic heterocycles. The standard InChI is InChI=1S/C7H2Cl2F2INO/c8-3-1-2(5(9)14)4(6(10)11)7(12)13-3/h1,6H. The molecule has 1 rings (SSSR count). The van der Waals surface area contributed by atoms with E-state index >= 15 is 0 Å². The van der Waals surface area contributed by atoms with Crippen molar-refractivity contribution >= 4 is 51.0 Å². The van der Waals surface area contributed by atoms with E-state index in [2.05, 4.69) is 4.98 Å². The fourth-order valence-electron chi connectivity index (χ4n) is 0.864. The van der Waals surface area contributed by atoms with Crippen LogP contribution in [0, 0.1) is 3.70 Å². The van der Waals surface area contributed by atoms with E-state index in [1.165, 1.54) is 0 Å². The molecule has 0 N–H and O–H groups in total. The number of hydrogen-bond acceptors (Lipinski definition) is 2. The van der Waals surface area contributed by atoms with E-state index in [-0.39, 0.29) is 14.4 Å². The normalized spacial score (nSPS) is 10.7. The summed E-state index contributed by atoms with van der Waals surface area (Å²) in [5.74, 6) is 0. The lowest BCUT2D eigenvalue weighted by molar-refractivity contribution is 0.106. The van der Waals surface area contributed by atoms with Crippen molar-refractivity contribution in [1.29, 1.82) is 0 Å². The highest BCUT2D eigenvalue weighted by atomic mass is 127. The minimum atomic E-state index is -2.80. The molecule has 7 heteroatoms. The van der Waals surface area contributed by atoms with Crippen molar-refractivity contribution in [2.45, 2.75) is 6.43 Å². The van der Waals surface area contributed by atoms with Gasteiger partial charge in [0, 0.05) is 5.56 Å². The van der Waals surface area contributed by atoms with Crippen molar-refractivity contribution in [2.24, 2.45) is 0 Å². The summed E-state index contributed by atoms with van der Waals surface area (Å²) >= 11 is 12.2. The summed E-state index contributed by atoms with van der Waals surface area (Å²) in [6.07, 6.45) is -2.80. The van der Waals surface area contributed by atoms with Crippen LogP contribution in [0.15, 0.2) is 6.07 Å². The van der Waals surface area contributed by atoms with Crippen LogP contribution in [0.3, 0.4) is 0 Å². The van der Waals surface area contributed by atoms with E-state index in [1.807, 2.05) is 0 Å². The highest BCUT2D eigenvalue weighted by molar-refractivity contribution is 14.1. The van der Waals surface area contributed by atoms with Crippen molar-refractivity contribution in [3.05, 3.63) is 26.0 Å². The molecule has 2 nitrogen and oxygen atoms in total. The molecule has 0 aliphatic carbocycles. The molecule has 0 radical (unpaired) electrons. The number of alkyl halides is 2. The maximum absolute atomic E-state index is 12.5. The van der Waals surface area contributed by atoms with Crippen molar-refractivity contribution in [2.75, 3.05) is 0 Å². The van der Waals surface area contributed by atoms with Crippen LogP contribution in [0.25, 0.3) is 0 Å². The van der Waals surface area contributed by atoms with Gasteiger partial charge in [0.1, 0.15) is 8.85 Å². The molecule has 0 saturated carbocycles. The lowest BCUT2D eigenvalue weighted by Gasteiger charge is -2.07. The molecule has 0 aliphatic rings. The van der Waals surface area contributed by atoms with Gasteiger partial charge in [-0.2, -0.15) is 0 Å². The molecule has 0 aliphatic heterocycles. The Hall–Kier alpha value is -0.0100. The summed E-state index contributed by atoms with van der Waals surface area (Å²) in [5.41, 5.74) is -0.777. The fourth-order valence-corrected chi connectivity index (χ4v) is 2.14. The zero-order valence-corrected chi connectivity index (χ0v) is 10.1. The number of pyridine rings is 1. The number of hydrogen-bond donors (Lipinski definition) is 0. The van der Waals surface area contributed by atoms with Gasteiger partial charge in [-0.15, -0.1) is 0 Å². The van der Waals surface area contributed by atoms with Gasteiger partial charge in [0.25, 0.3) is 11.7 Å². The van der Waals surface area contributed by atoms with Crippen LogP contribution in [-0.2, 0) is 0 Å². The molecule has 0 spiro atoms. The summed E-state index contributed by atoms with van der Waals surface area (Å²) in [4.78, 5) is 14.4. The van der Waals surface area contributed by atoms with Gasteiger partial charge < -0.3 is 0 Å². The Bertz CT molecular complexity index is 386. The zero-order valence-electron chi connectivity index (χ0n) is 6.40. The summed E-state index contributed by atoms with van der Waals surface area (Å²) in [5, 5.41) is -1.01. The van der Waals surface area contributed by atoms with Crippen molar-refractivity contribution in [3.8, 4) is 0 Å². The van der Waals surface area contributed by atoms with Gasteiger partial charge in [-0.1, -0.05) is 11.6 Å². The summed E-state index contributed by atoms with van der Waals surface area (Å²) in [7, 11) is 0. The molecule has 0 saturated heterocycles. The number of rotatable bonds is 2. The van der Waals surface area contributed by atoms with E-state index < -0.39 is 17.2 Å². The summed E-state index contributed by atoms with van der Waals surface area (Å²) < 4.78 is 24.9. The minimum absolute atomic E-state index is 0.0194. The Morgan fingerprint density at radius 3 is 2.57 bits per heavy atom. The van der Waals surface area contributed by atoms with E-state index in [9.17, 15) is 13.6 Å².